The fourth-order valence-corrected chi connectivity index (χ4v) is 6.44. The van der Waals surface area contributed by atoms with Gasteiger partial charge < -0.3 is 4.74 Å². The summed E-state index contributed by atoms with van der Waals surface area (Å²) in [6.07, 6.45) is 3.28. The van der Waals surface area contributed by atoms with Crippen molar-refractivity contribution in [3.8, 4) is 0 Å². The second-order valence-electron chi connectivity index (χ2n) is 8.25. The normalized spacial score (nSPS) is 24.8. The summed E-state index contributed by atoms with van der Waals surface area (Å²) in [6.45, 7) is 4.87. The molecule has 0 N–H and O–H groups in total. The first-order chi connectivity index (χ1) is 15.2. The lowest BCUT2D eigenvalue weighted by Crippen LogP contribution is -2.48. The maximum absolute atomic E-state index is 13.9. The summed E-state index contributed by atoms with van der Waals surface area (Å²) in [7, 11) is -3.95. The zero-order valence-electron chi connectivity index (χ0n) is 18.2. The van der Waals surface area contributed by atoms with E-state index >= 15 is 0 Å². The Balaban J connectivity index is 1.99. The van der Waals surface area contributed by atoms with E-state index in [-0.39, 0.29) is 23.6 Å². The average molecular weight is 452 g/mol. The molecule has 0 saturated carbocycles. The summed E-state index contributed by atoms with van der Waals surface area (Å²) in [5.74, 6) is -0.725. The Bertz CT molecular complexity index is 1230. The number of benzene rings is 2. The number of carbonyl (C=O) groups is 2. The maximum atomic E-state index is 13.9. The number of esters is 1. The van der Waals surface area contributed by atoms with Crippen molar-refractivity contribution in [3.63, 3.8) is 0 Å². The van der Waals surface area contributed by atoms with Gasteiger partial charge in [0, 0.05) is 25.8 Å². The third-order valence-corrected chi connectivity index (χ3v) is 8.08. The van der Waals surface area contributed by atoms with E-state index in [2.05, 4.69) is 0 Å². The third-order valence-electron chi connectivity index (χ3n) is 6.20. The van der Waals surface area contributed by atoms with Crippen molar-refractivity contribution in [1.82, 2.24) is 4.31 Å². The van der Waals surface area contributed by atoms with E-state index in [0.717, 1.165) is 11.1 Å². The number of carbonyl (C=O) groups excluding carboxylic acids is 2. The molecule has 4 rings (SSSR count). The Labute approximate surface area is 188 Å². The maximum Gasteiger partial charge on any atom is 0.307 e. The molecule has 0 radical (unpaired) electrons. The first-order valence-corrected chi connectivity index (χ1v) is 11.9. The van der Waals surface area contributed by atoms with Crippen molar-refractivity contribution in [1.29, 1.82) is 0 Å². The molecule has 6 nitrogen and oxygen atoms in total. The molecule has 32 heavy (non-hydrogen) atoms. The lowest BCUT2D eigenvalue weighted by Gasteiger charge is -2.41. The highest BCUT2D eigenvalue weighted by molar-refractivity contribution is 7.89. The fraction of sp³-hybridized carbons (Fsp3) is 0.280. The zero-order valence-corrected chi connectivity index (χ0v) is 19.1. The van der Waals surface area contributed by atoms with Crippen LogP contribution in [-0.4, -0.2) is 31.0 Å². The summed E-state index contributed by atoms with van der Waals surface area (Å²) in [5.41, 5.74) is 1.25. The molecule has 1 heterocycles. The third kappa shape index (κ3) is 3.61. The Morgan fingerprint density at radius 2 is 1.72 bits per heavy atom. The molecule has 0 unspecified atom stereocenters. The van der Waals surface area contributed by atoms with Crippen LogP contribution in [0.3, 0.4) is 0 Å². The molecule has 1 aliphatic carbocycles. The van der Waals surface area contributed by atoms with Crippen LogP contribution < -0.4 is 0 Å². The van der Waals surface area contributed by atoms with Gasteiger partial charge in [-0.25, -0.2) is 8.42 Å². The molecule has 2 aromatic rings. The van der Waals surface area contributed by atoms with E-state index in [0.29, 0.717) is 11.3 Å². The minimum Gasteiger partial charge on any atom is -0.432 e. The highest BCUT2D eigenvalue weighted by Crippen LogP contribution is 2.53. The molecule has 166 valence electrons. The number of rotatable bonds is 4. The molecule has 0 bridgehead atoms. The predicted molar refractivity (Wildman–Crippen MR) is 120 cm³/mol. The van der Waals surface area contributed by atoms with Gasteiger partial charge in [-0.1, -0.05) is 54.1 Å². The number of hydrogen-bond acceptors (Lipinski definition) is 5. The number of hydrogen-bond donors (Lipinski definition) is 0. The molecule has 1 fully saturated rings. The number of ether oxygens (including phenoxy) is 1. The summed E-state index contributed by atoms with van der Waals surface area (Å²) >= 11 is 0. The largest absolute Gasteiger partial charge is 0.432 e. The number of allylic oxidation sites excluding steroid dienone is 2. The molecule has 0 spiro atoms. The van der Waals surface area contributed by atoms with Gasteiger partial charge in [-0.05, 0) is 43.2 Å². The molecule has 7 heteroatoms. The van der Waals surface area contributed by atoms with Gasteiger partial charge in [0.25, 0.3) is 0 Å². The Morgan fingerprint density at radius 3 is 2.34 bits per heavy atom. The second kappa shape index (κ2) is 8.15. The molecular formula is C25H25NO5S. The van der Waals surface area contributed by atoms with Crippen molar-refractivity contribution in [2.45, 2.75) is 37.6 Å². The van der Waals surface area contributed by atoms with Crippen LogP contribution in [-0.2, 0) is 29.9 Å². The summed E-state index contributed by atoms with van der Waals surface area (Å²) in [5, 5.41) is 0. The predicted octanol–water partition coefficient (Wildman–Crippen LogP) is 3.88. The van der Waals surface area contributed by atoms with E-state index in [4.69, 9.17) is 4.74 Å². The van der Waals surface area contributed by atoms with E-state index in [1.165, 1.54) is 17.3 Å². The fourth-order valence-electron chi connectivity index (χ4n) is 4.71. The van der Waals surface area contributed by atoms with Crippen LogP contribution in [0, 0.1) is 12.8 Å². The zero-order chi connectivity index (χ0) is 23.1. The summed E-state index contributed by atoms with van der Waals surface area (Å²) in [4.78, 5) is 24.3. The van der Waals surface area contributed by atoms with E-state index in [1.54, 1.807) is 37.3 Å². The highest BCUT2D eigenvalue weighted by Gasteiger charge is 2.58. The van der Waals surface area contributed by atoms with Crippen LogP contribution in [0.25, 0.3) is 0 Å². The molecule has 2 aromatic carbocycles. The number of aryl methyl sites for hydroxylation is 1. The van der Waals surface area contributed by atoms with Crippen LogP contribution in [0.2, 0.25) is 0 Å². The molecular weight excluding hydrogens is 426 g/mol. The Hall–Kier alpha value is -3.03. The van der Waals surface area contributed by atoms with Gasteiger partial charge >= 0.3 is 5.97 Å². The molecule has 2 aliphatic rings. The van der Waals surface area contributed by atoms with Crippen molar-refractivity contribution in [3.05, 3.63) is 89.2 Å². The van der Waals surface area contributed by atoms with Crippen molar-refractivity contribution < 1.29 is 22.7 Å². The van der Waals surface area contributed by atoms with Crippen LogP contribution in [0.5, 0.6) is 0 Å². The van der Waals surface area contributed by atoms with E-state index in [9.17, 15) is 18.0 Å². The van der Waals surface area contributed by atoms with Gasteiger partial charge in [0.1, 0.15) is 5.76 Å². The van der Waals surface area contributed by atoms with Crippen molar-refractivity contribution in [2.75, 3.05) is 6.54 Å². The average Bonchev–Trinajstić information content (AvgIpc) is 3.10. The lowest BCUT2D eigenvalue weighted by atomic mass is 9.72. The quantitative estimate of drug-likeness (QED) is 0.521. The minimum absolute atomic E-state index is 0.0203. The molecule has 1 aliphatic heterocycles. The van der Waals surface area contributed by atoms with Gasteiger partial charge in [-0.15, -0.1) is 0 Å². The first-order valence-electron chi connectivity index (χ1n) is 10.4. The molecule has 1 saturated heterocycles. The Morgan fingerprint density at radius 1 is 1.06 bits per heavy atom. The first kappa shape index (κ1) is 22.2. The van der Waals surface area contributed by atoms with Gasteiger partial charge in [0.2, 0.25) is 10.0 Å². The van der Waals surface area contributed by atoms with E-state index < -0.39 is 27.4 Å². The van der Waals surface area contributed by atoms with Crippen molar-refractivity contribution >= 4 is 21.8 Å². The second-order valence-corrected chi connectivity index (χ2v) is 10.1. The van der Waals surface area contributed by atoms with Crippen LogP contribution in [0.1, 0.15) is 31.4 Å². The minimum atomic E-state index is -3.95. The molecule has 2 atom stereocenters. The highest BCUT2D eigenvalue weighted by atomic mass is 32.2. The number of sulfonamides is 1. The van der Waals surface area contributed by atoms with Crippen LogP contribution in [0.15, 0.2) is 83.0 Å². The number of nitrogens with zero attached hydrogens (tertiary/aromatic N) is 1. The van der Waals surface area contributed by atoms with Crippen molar-refractivity contribution in [2.24, 2.45) is 5.92 Å². The summed E-state index contributed by atoms with van der Waals surface area (Å²) in [6, 6.07) is 16.0. The number of fused-ring (bicyclic) bond motifs is 1. The standard InChI is InChI=1S/C25H25NO5S/c1-17-9-11-22(12-10-17)32(29,30)26-16-23(18(2)31-19(3)27)24-15-21(28)13-14-25(24,26)20-7-5-4-6-8-20/h4-14,24H,15-16H2,1-3H3/b23-18+/t24-,25+/m1/s1. The SMILES string of the molecule is CC(=O)O/C(C)=C1\CN(S(=O)(=O)c2ccc(C)cc2)[C@]2(c3ccccc3)C=CC(=O)C[C@H]12. The van der Waals surface area contributed by atoms with Gasteiger partial charge in [-0.2, -0.15) is 4.31 Å². The van der Waals surface area contributed by atoms with Gasteiger partial charge in [-0.3, -0.25) is 9.59 Å². The molecule has 0 amide bonds. The molecule has 0 aromatic heterocycles. The Kier molecular flexibility index (Phi) is 5.65. The lowest BCUT2D eigenvalue weighted by molar-refractivity contribution is -0.136. The van der Waals surface area contributed by atoms with Gasteiger partial charge in [0.15, 0.2) is 5.78 Å². The summed E-state index contributed by atoms with van der Waals surface area (Å²) < 4.78 is 34.7. The number of ketones is 1. The van der Waals surface area contributed by atoms with Crippen LogP contribution in [0.4, 0.5) is 0 Å². The van der Waals surface area contributed by atoms with Gasteiger partial charge in [0.05, 0.1) is 10.4 Å². The topological polar surface area (TPSA) is 80.8 Å². The monoisotopic (exact) mass is 451 g/mol. The van der Waals surface area contributed by atoms with E-state index in [1.807, 2.05) is 37.3 Å². The smallest absolute Gasteiger partial charge is 0.307 e. The van der Waals surface area contributed by atoms with Crippen LogP contribution >= 0.6 is 0 Å².